The number of carbonyl (C=O) groups is 2. The summed E-state index contributed by atoms with van der Waals surface area (Å²) < 4.78 is 18.4. The number of amides is 2. The molecule has 1 aliphatic heterocycles. The number of anilines is 2. The Morgan fingerprint density at radius 3 is 2.47 bits per heavy atom. The van der Waals surface area contributed by atoms with Crippen LogP contribution in [0.3, 0.4) is 0 Å². The number of hydrogen-bond donors (Lipinski definition) is 5. The third kappa shape index (κ3) is 11.1. The molecule has 0 radical (unpaired) electrons. The van der Waals surface area contributed by atoms with Crippen molar-refractivity contribution in [2.75, 3.05) is 43.9 Å². The summed E-state index contributed by atoms with van der Waals surface area (Å²) >= 11 is 8.30. The molecule has 0 spiro atoms. The smallest absolute Gasteiger partial charge is 0.411 e. The Labute approximate surface area is 355 Å². The van der Waals surface area contributed by atoms with Gasteiger partial charge in [0.15, 0.2) is 8.32 Å². The summed E-state index contributed by atoms with van der Waals surface area (Å²) in [5.74, 6) is 0.386. The number of aromatic nitrogens is 1. The van der Waals surface area contributed by atoms with E-state index in [1.54, 1.807) is 42.7 Å². The van der Waals surface area contributed by atoms with Crippen LogP contribution in [0.1, 0.15) is 57.3 Å². The molecule has 2 aromatic heterocycles. The van der Waals surface area contributed by atoms with Gasteiger partial charge in [-0.05, 0) is 71.7 Å². The fourth-order valence-corrected chi connectivity index (χ4v) is 9.25. The second kappa shape index (κ2) is 19.1. The summed E-state index contributed by atoms with van der Waals surface area (Å²) in [7, 11) is -0.698. The standard InChI is InChI=1S/C44H54ClN5O7SSi/c1-44(2,3)59(5,6)57-38(31-12-14-36(51)41-32(31)13-15-39(52)49-41)27-46-26-29-24-33(45)35(25-37(29)55-4)47-40(53)18-22-50-20-16-30(17-21-50)56-43(54)48-34-19-23-58-42(34)28-10-8-7-9-11-28/h7-15,19,23-25,30,38,46,51H,16-18,20-22,26-27H2,1-6H3,(H,47,53)(H,48,54)(H,49,52)/t38-/m0/s1. The van der Waals surface area contributed by atoms with Crippen molar-refractivity contribution >= 4 is 65.5 Å². The fourth-order valence-electron chi connectivity index (χ4n) is 6.88. The maximum Gasteiger partial charge on any atom is 0.411 e. The molecule has 12 nitrogen and oxygen atoms in total. The van der Waals surface area contributed by atoms with Gasteiger partial charge in [0.2, 0.25) is 11.5 Å². The molecule has 0 unspecified atom stereocenters. The molecule has 1 aliphatic rings. The molecule has 3 aromatic carbocycles. The molecule has 314 valence electrons. The number of fused-ring (bicyclic) bond motifs is 1. The van der Waals surface area contributed by atoms with E-state index in [1.807, 2.05) is 47.8 Å². The third-order valence-electron chi connectivity index (χ3n) is 11.2. The SMILES string of the molecule is COc1cc(NC(=O)CCN2CCC(OC(=O)Nc3ccsc3-c3ccccc3)CC2)c(Cl)cc1CNC[C@H](O[Si](C)(C)C(C)(C)C)c1ccc(O)c2[nH]c(=O)ccc12. The molecule has 0 aliphatic carbocycles. The van der Waals surface area contributed by atoms with Crippen molar-refractivity contribution < 1.29 is 28.6 Å². The number of phenolic OH excluding ortho intramolecular Hbond substituents is 1. The van der Waals surface area contributed by atoms with E-state index in [0.717, 1.165) is 27.3 Å². The maximum atomic E-state index is 13.1. The largest absolute Gasteiger partial charge is 0.506 e. The number of methoxy groups -OCH3 is 1. The number of likely N-dealkylation sites (tertiary alicyclic amines) is 1. The highest BCUT2D eigenvalue weighted by Crippen LogP contribution is 2.41. The molecular formula is C44H54ClN5O7SSi. The lowest BCUT2D eigenvalue weighted by molar-refractivity contribution is -0.116. The van der Waals surface area contributed by atoms with Gasteiger partial charge in [-0.25, -0.2) is 4.79 Å². The van der Waals surface area contributed by atoms with Crippen molar-refractivity contribution in [3.05, 3.63) is 105 Å². The molecule has 1 atom stereocenters. The number of H-pyrrole nitrogens is 1. The van der Waals surface area contributed by atoms with Crippen LogP contribution in [-0.2, 0) is 20.5 Å². The molecule has 15 heteroatoms. The van der Waals surface area contributed by atoms with Crippen LogP contribution in [0.25, 0.3) is 21.3 Å². The average molecular weight is 861 g/mol. The van der Waals surface area contributed by atoms with E-state index >= 15 is 0 Å². The summed E-state index contributed by atoms with van der Waals surface area (Å²) in [4.78, 5) is 43.9. The van der Waals surface area contributed by atoms with Gasteiger partial charge in [0.25, 0.3) is 0 Å². The molecule has 1 fully saturated rings. The van der Waals surface area contributed by atoms with Gasteiger partial charge in [-0.2, -0.15) is 0 Å². The Kier molecular flexibility index (Phi) is 14.2. The van der Waals surface area contributed by atoms with Gasteiger partial charge in [-0.3, -0.25) is 14.9 Å². The Morgan fingerprint density at radius 2 is 1.76 bits per heavy atom. The van der Waals surface area contributed by atoms with E-state index in [9.17, 15) is 19.5 Å². The number of carbonyl (C=O) groups excluding carboxylic acids is 2. The first-order chi connectivity index (χ1) is 28.1. The summed E-state index contributed by atoms with van der Waals surface area (Å²) in [5.41, 5.74) is 3.95. The first-order valence-electron chi connectivity index (χ1n) is 19.8. The first-order valence-corrected chi connectivity index (χ1v) is 24.0. The van der Waals surface area contributed by atoms with Crippen LogP contribution in [-0.4, -0.2) is 74.7 Å². The third-order valence-corrected chi connectivity index (χ3v) is 16.9. The van der Waals surface area contributed by atoms with Gasteiger partial charge in [0.05, 0.1) is 40.0 Å². The van der Waals surface area contributed by atoms with E-state index < -0.39 is 20.5 Å². The summed E-state index contributed by atoms with van der Waals surface area (Å²) in [6.07, 6.45) is 0.566. The Hall–Kier alpha value is -4.70. The van der Waals surface area contributed by atoms with E-state index in [-0.39, 0.29) is 34.8 Å². The summed E-state index contributed by atoms with van der Waals surface area (Å²) in [5, 5.41) is 22.9. The van der Waals surface area contributed by atoms with Gasteiger partial charge in [0, 0.05) is 62.2 Å². The molecule has 59 heavy (non-hydrogen) atoms. The highest BCUT2D eigenvalue weighted by molar-refractivity contribution is 7.14. The predicted octanol–water partition coefficient (Wildman–Crippen LogP) is 9.52. The maximum absolute atomic E-state index is 13.1. The number of phenols is 1. The van der Waals surface area contributed by atoms with E-state index in [1.165, 1.54) is 6.07 Å². The quantitative estimate of drug-likeness (QED) is 0.0648. The lowest BCUT2D eigenvalue weighted by Crippen LogP contribution is -2.43. The van der Waals surface area contributed by atoms with Crippen LogP contribution in [0.4, 0.5) is 16.2 Å². The molecule has 6 rings (SSSR count). The van der Waals surface area contributed by atoms with Gasteiger partial charge >= 0.3 is 6.09 Å². The minimum absolute atomic E-state index is 0.00630. The number of halogens is 1. The van der Waals surface area contributed by atoms with Gasteiger partial charge in [-0.1, -0.05) is 68.8 Å². The van der Waals surface area contributed by atoms with Gasteiger partial charge < -0.3 is 39.5 Å². The Morgan fingerprint density at radius 1 is 1.02 bits per heavy atom. The zero-order valence-corrected chi connectivity index (χ0v) is 37.0. The van der Waals surface area contributed by atoms with Gasteiger partial charge in [-0.15, -0.1) is 11.3 Å². The zero-order chi connectivity index (χ0) is 42.3. The molecule has 0 saturated carbocycles. The summed E-state index contributed by atoms with van der Waals surface area (Å²) in [6.45, 7) is 13.7. The number of pyridine rings is 1. The summed E-state index contributed by atoms with van der Waals surface area (Å²) in [6, 6.07) is 21.9. The Bertz CT molecular complexity index is 2300. The second-order valence-electron chi connectivity index (χ2n) is 16.3. The number of piperidine rings is 1. The van der Waals surface area contributed by atoms with Crippen LogP contribution < -0.4 is 26.2 Å². The Balaban J connectivity index is 1.00. The zero-order valence-electron chi connectivity index (χ0n) is 34.4. The first kappa shape index (κ1) is 43.9. The van der Waals surface area contributed by atoms with Crippen LogP contribution in [0.15, 0.2) is 83.0 Å². The van der Waals surface area contributed by atoms with E-state index in [0.29, 0.717) is 72.9 Å². The number of nitrogens with zero attached hydrogens (tertiary/aromatic N) is 1. The number of nitrogens with one attached hydrogen (secondary N) is 4. The number of aromatic hydroxyl groups is 1. The topological polar surface area (TPSA) is 154 Å². The predicted molar refractivity (Wildman–Crippen MR) is 240 cm³/mol. The molecular weight excluding hydrogens is 806 g/mol. The number of benzene rings is 3. The minimum atomic E-state index is -2.27. The normalized spacial score (nSPS) is 14.6. The van der Waals surface area contributed by atoms with Crippen molar-refractivity contribution in [1.29, 1.82) is 0 Å². The number of hydrogen-bond acceptors (Lipinski definition) is 10. The molecule has 5 aromatic rings. The van der Waals surface area contributed by atoms with Crippen molar-refractivity contribution in [2.24, 2.45) is 0 Å². The lowest BCUT2D eigenvalue weighted by atomic mass is 10.0. The molecule has 2 amide bonds. The average Bonchev–Trinajstić information content (AvgIpc) is 3.66. The van der Waals surface area contributed by atoms with Crippen molar-refractivity contribution in [1.82, 2.24) is 15.2 Å². The molecule has 0 bridgehead atoms. The lowest BCUT2D eigenvalue weighted by Gasteiger charge is -2.39. The minimum Gasteiger partial charge on any atom is -0.506 e. The van der Waals surface area contributed by atoms with Crippen LogP contribution in [0.5, 0.6) is 11.5 Å². The number of rotatable bonds is 15. The number of ether oxygens (including phenoxy) is 2. The van der Waals surface area contributed by atoms with E-state index in [2.05, 4.69) is 59.7 Å². The van der Waals surface area contributed by atoms with Crippen LogP contribution >= 0.6 is 22.9 Å². The van der Waals surface area contributed by atoms with E-state index in [4.69, 9.17) is 25.5 Å². The van der Waals surface area contributed by atoms with Crippen LogP contribution in [0.2, 0.25) is 23.2 Å². The number of thiophene rings is 1. The van der Waals surface area contributed by atoms with Crippen LogP contribution in [0, 0.1) is 0 Å². The number of aromatic amines is 1. The highest BCUT2D eigenvalue weighted by atomic mass is 35.5. The monoisotopic (exact) mass is 859 g/mol. The van der Waals surface area contributed by atoms with Crippen molar-refractivity contribution in [2.45, 2.75) is 76.9 Å². The second-order valence-corrected chi connectivity index (χ2v) is 22.4. The van der Waals surface area contributed by atoms with Gasteiger partial charge in [0.1, 0.15) is 17.6 Å². The highest BCUT2D eigenvalue weighted by Gasteiger charge is 2.40. The molecule has 1 saturated heterocycles. The van der Waals surface area contributed by atoms with Crippen molar-refractivity contribution in [3.63, 3.8) is 0 Å². The fraction of sp³-hybridized carbons (Fsp3) is 0.386. The van der Waals surface area contributed by atoms with Crippen molar-refractivity contribution in [3.8, 4) is 21.9 Å². The molecule has 3 heterocycles. The molecule has 5 N–H and O–H groups in total.